The Bertz CT molecular complexity index is 553. The fourth-order valence-corrected chi connectivity index (χ4v) is 3.86. The third-order valence-electron chi connectivity index (χ3n) is 3.63. The van der Waals surface area contributed by atoms with Crippen molar-refractivity contribution < 1.29 is 4.74 Å². The van der Waals surface area contributed by atoms with E-state index in [-0.39, 0.29) is 6.10 Å². The number of hydrogen-bond donors (Lipinski definition) is 0. The number of anilines is 1. The minimum atomic E-state index is 0.276. The van der Waals surface area contributed by atoms with Gasteiger partial charge < -0.3 is 9.64 Å². The Morgan fingerprint density at radius 2 is 2.50 bits per heavy atom. The molecule has 2 atom stereocenters. The van der Waals surface area contributed by atoms with Gasteiger partial charge in [-0.05, 0) is 13.3 Å². The van der Waals surface area contributed by atoms with Crippen LogP contribution in [0.25, 0.3) is 4.96 Å². The minimum absolute atomic E-state index is 0.276. The molecule has 0 amide bonds. The molecule has 3 rings (SSSR count). The van der Waals surface area contributed by atoms with Gasteiger partial charge in [0.05, 0.1) is 17.8 Å². The van der Waals surface area contributed by atoms with Gasteiger partial charge in [-0.25, -0.2) is 4.98 Å². The SMILES string of the molecule is CC1OCCC1N(C)c1nc2sccn2c1CBr. The quantitative estimate of drug-likeness (QED) is 0.811. The van der Waals surface area contributed by atoms with Crippen molar-refractivity contribution in [1.29, 1.82) is 0 Å². The van der Waals surface area contributed by atoms with Crippen molar-refractivity contribution >= 4 is 38.0 Å². The summed E-state index contributed by atoms with van der Waals surface area (Å²) in [7, 11) is 2.12. The number of likely N-dealkylation sites (N-methyl/N-ethyl adjacent to an activating group) is 1. The van der Waals surface area contributed by atoms with Crippen LogP contribution in [0.2, 0.25) is 0 Å². The maximum Gasteiger partial charge on any atom is 0.195 e. The second-order valence-electron chi connectivity index (χ2n) is 4.61. The molecule has 1 saturated heterocycles. The molecule has 98 valence electrons. The van der Waals surface area contributed by atoms with Crippen LogP contribution in [0.1, 0.15) is 19.0 Å². The highest BCUT2D eigenvalue weighted by molar-refractivity contribution is 9.08. The highest BCUT2D eigenvalue weighted by Gasteiger charge is 2.30. The second-order valence-corrected chi connectivity index (χ2v) is 6.05. The van der Waals surface area contributed by atoms with Crippen LogP contribution in [0.3, 0.4) is 0 Å². The zero-order valence-electron chi connectivity index (χ0n) is 10.5. The van der Waals surface area contributed by atoms with Crippen LogP contribution in [0, 0.1) is 0 Å². The van der Waals surface area contributed by atoms with Gasteiger partial charge in [0, 0.05) is 30.6 Å². The summed E-state index contributed by atoms with van der Waals surface area (Å²) in [4.78, 5) is 8.07. The highest BCUT2D eigenvalue weighted by Crippen LogP contribution is 2.30. The first-order valence-electron chi connectivity index (χ1n) is 6.07. The standard InChI is InChI=1S/C12H16BrN3OS/c1-8-9(3-5-17-8)15(2)11-10(7-13)16-4-6-18-12(16)14-11/h4,6,8-9H,3,5,7H2,1-2H3. The van der Waals surface area contributed by atoms with E-state index < -0.39 is 0 Å². The summed E-state index contributed by atoms with van der Waals surface area (Å²) in [6, 6.07) is 0.424. The smallest absolute Gasteiger partial charge is 0.195 e. The zero-order valence-corrected chi connectivity index (χ0v) is 12.9. The maximum absolute atomic E-state index is 5.65. The molecule has 6 heteroatoms. The Morgan fingerprint density at radius 1 is 1.67 bits per heavy atom. The monoisotopic (exact) mass is 329 g/mol. The number of aromatic nitrogens is 2. The number of hydrogen-bond acceptors (Lipinski definition) is 4. The molecule has 0 N–H and O–H groups in total. The average molecular weight is 330 g/mol. The number of imidazole rings is 1. The zero-order chi connectivity index (χ0) is 12.7. The molecule has 0 spiro atoms. The van der Waals surface area contributed by atoms with Gasteiger partial charge in [-0.3, -0.25) is 4.40 Å². The first-order chi connectivity index (χ1) is 8.72. The third-order valence-corrected chi connectivity index (χ3v) is 4.92. The Kier molecular flexibility index (Phi) is 3.34. The van der Waals surface area contributed by atoms with E-state index in [0.29, 0.717) is 6.04 Å². The Hall–Kier alpha value is -0.590. The summed E-state index contributed by atoms with van der Waals surface area (Å²) in [5, 5.41) is 2.88. The molecule has 0 saturated carbocycles. The lowest BCUT2D eigenvalue weighted by molar-refractivity contribution is 0.118. The van der Waals surface area contributed by atoms with Crippen molar-refractivity contribution in [3.05, 3.63) is 17.3 Å². The molecule has 4 nitrogen and oxygen atoms in total. The lowest BCUT2D eigenvalue weighted by Gasteiger charge is -2.27. The average Bonchev–Trinajstić information content (AvgIpc) is 3.01. The largest absolute Gasteiger partial charge is 0.376 e. The van der Waals surface area contributed by atoms with Crippen LogP contribution in [-0.4, -0.2) is 35.2 Å². The van der Waals surface area contributed by atoms with E-state index in [1.807, 2.05) is 0 Å². The van der Waals surface area contributed by atoms with Crippen molar-refractivity contribution in [3.63, 3.8) is 0 Å². The van der Waals surface area contributed by atoms with E-state index in [9.17, 15) is 0 Å². The van der Waals surface area contributed by atoms with Gasteiger partial charge in [0.2, 0.25) is 0 Å². The predicted molar refractivity (Wildman–Crippen MR) is 77.9 cm³/mol. The van der Waals surface area contributed by atoms with Crippen LogP contribution < -0.4 is 4.90 Å². The Balaban J connectivity index is 1.99. The fraction of sp³-hybridized carbons (Fsp3) is 0.583. The number of fused-ring (bicyclic) bond motifs is 1. The molecular weight excluding hydrogens is 314 g/mol. The second kappa shape index (κ2) is 4.83. The number of ether oxygens (including phenoxy) is 1. The van der Waals surface area contributed by atoms with Gasteiger partial charge in [0.15, 0.2) is 10.8 Å². The summed E-state index contributed by atoms with van der Waals surface area (Å²) in [6.45, 7) is 2.99. The molecule has 0 aliphatic carbocycles. The molecule has 3 heterocycles. The van der Waals surface area contributed by atoms with Gasteiger partial charge >= 0.3 is 0 Å². The maximum atomic E-state index is 5.65. The number of nitrogens with zero attached hydrogens (tertiary/aromatic N) is 3. The molecule has 0 radical (unpaired) electrons. The summed E-state index contributed by atoms with van der Waals surface area (Å²) >= 11 is 5.24. The van der Waals surface area contributed by atoms with Gasteiger partial charge in [0.1, 0.15) is 0 Å². The molecule has 18 heavy (non-hydrogen) atoms. The molecule has 2 unspecified atom stereocenters. The van der Waals surface area contributed by atoms with E-state index in [2.05, 4.69) is 50.8 Å². The summed E-state index contributed by atoms with van der Waals surface area (Å²) < 4.78 is 7.81. The lowest BCUT2D eigenvalue weighted by Crippen LogP contribution is -2.37. The van der Waals surface area contributed by atoms with Crippen molar-refractivity contribution in [3.8, 4) is 0 Å². The summed E-state index contributed by atoms with van der Waals surface area (Å²) in [6.07, 6.45) is 3.43. The molecule has 2 aromatic rings. The van der Waals surface area contributed by atoms with Crippen molar-refractivity contribution in [2.24, 2.45) is 0 Å². The van der Waals surface area contributed by atoms with E-state index in [0.717, 1.165) is 29.1 Å². The van der Waals surface area contributed by atoms with Crippen LogP contribution >= 0.6 is 27.3 Å². The molecule has 2 aromatic heterocycles. The molecule has 1 fully saturated rings. The van der Waals surface area contributed by atoms with Crippen molar-refractivity contribution in [1.82, 2.24) is 9.38 Å². The number of halogens is 1. The van der Waals surface area contributed by atoms with Crippen molar-refractivity contribution in [2.45, 2.75) is 30.8 Å². The van der Waals surface area contributed by atoms with Crippen molar-refractivity contribution in [2.75, 3.05) is 18.6 Å². The van der Waals surface area contributed by atoms with E-state index >= 15 is 0 Å². The first-order valence-corrected chi connectivity index (χ1v) is 8.07. The highest BCUT2D eigenvalue weighted by atomic mass is 79.9. The van der Waals surface area contributed by atoms with E-state index in [1.54, 1.807) is 11.3 Å². The number of rotatable bonds is 3. The molecule has 0 aromatic carbocycles. The van der Waals surface area contributed by atoms with Crippen LogP contribution in [0.5, 0.6) is 0 Å². The fourth-order valence-electron chi connectivity index (χ4n) is 2.61. The van der Waals surface area contributed by atoms with Crippen LogP contribution in [-0.2, 0) is 10.1 Å². The molecule has 1 aliphatic rings. The predicted octanol–water partition coefficient (Wildman–Crippen LogP) is 2.90. The van der Waals surface area contributed by atoms with E-state index in [1.165, 1.54) is 5.69 Å². The third kappa shape index (κ3) is 1.87. The van der Waals surface area contributed by atoms with Crippen LogP contribution in [0.15, 0.2) is 11.6 Å². The summed E-state index contributed by atoms with van der Waals surface area (Å²) in [5.74, 6) is 1.07. The normalized spacial score (nSPS) is 23.9. The van der Waals surface area contributed by atoms with E-state index in [4.69, 9.17) is 9.72 Å². The Morgan fingerprint density at radius 3 is 3.17 bits per heavy atom. The van der Waals surface area contributed by atoms with Gasteiger partial charge in [0.25, 0.3) is 0 Å². The number of alkyl halides is 1. The van der Waals surface area contributed by atoms with Crippen LogP contribution in [0.4, 0.5) is 5.82 Å². The topological polar surface area (TPSA) is 29.8 Å². The molecule has 0 bridgehead atoms. The first kappa shape index (κ1) is 12.4. The van der Waals surface area contributed by atoms with Gasteiger partial charge in [-0.2, -0.15) is 0 Å². The molecule has 1 aliphatic heterocycles. The van der Waals surface area contributed by atoms with Gasteiger partial charge in [-0.15, -0.1) is 11.3 Å². The van der Waals surface area contributed by atoms with Gasteiger partial charge in [-0.1, -0.05) is 15.9 Å². The Labute approximate surface area is 119 Å². The minimum Gasteiger partial charge on any atom is -0.376 e. The lowest BCUT2D eigenvalue weighted by atomic mass is 10.1. The number of thiazole rings is 1. The summed E-state index contributed by atoms with van der Waals surface area (Å²) in [5.41, 5.74) is 1.22. The molecular formula is C12H16BrN3OS.